The van der Waals surface area contributed by atoms with E-state index in [-0.39, 0.29) is 0 Å². The van der Waals surface area contributed by atoms with Crippen molar-refractivity contribution >= 4 is 28.6 Å². The largest absolute Gasteiger partial charge is 0.301 e. The normalized spacial score (nSPS) is 17.8. The van der Waals surface area contributed by atoms with Crippen LogP contribution in [-0.2, 0) is 6.54 Å². The molecule has 0 atom stereocenters. The molecule has 0 spiro atoms. The number of halogens is 1. The van der Waals surface area contributed by atoms with Gasteiger partial charge in [0.05, 0.1) is 0 Å². The van der Waals surface area contributed by atoms with E-state index in [1.165, 1.54) is 22.9 Å². The molecule has 0 unspecified atom stereocenters. The number of rotatable bonds is 5. The molecule has 1 fully saturated rings. The first-order chi connectivity index (χ1) is 7.65. The topological polar surface area (TPSA) is 3.24 Å². The van der Waals surface area contributed by atoms with Crippen LogP contribution in [0.2, 0.25) is 0 Å². The van der Waals surface area contributed by atoms with E-state index in [0.29, 0.717) is 5.41 Å². The fraction of sp³-hybridized carbons (Fsp3) is 0.538. The summed E-state index contributed by atoms with van der Waals surface area (Å²) in [6.07, 6.45) is 2.69. The van der Waals surface area contributed by atoms with Crippen molar-refractivity contribution in [2.75, 3.05) is 19.3 Å². The number of hydrogen-bond acceptors (Lipinski definition) is 2. The third-order valence-corrected chi connectivity index (χ3v) is 4.74. The van der Waals surface area contributed by atoms with Crippen molar-refractivity contribution in [1.82, 2.24) is 4.90 Å². The maximum absolute atomic E-state index is 4.45. The highest BCUT2D eigenvalue weighted by atomic mass is 79.9. The average molecular weight is 300 g/mol. The van der Waals surface area contributed by atoms with E-state index in [0.717, 1.165) is 18.8 Å². The maximum Gasteiger partial charge on any atom is 0.0242 e. The van der Waals surface area contributed by atoms with Crippen LogP contribution in [0.4, 0.5) is 0 Å². The van der Waals surface area contributed by atoms with Gasteiger partial charge in [0.25, 0.3) is 0 Å². The van der Waals surface area contributed by atoms with Gasteiger partial charge in [-0.15, -0.1) is 0 Å². The first-order valence-corrected chi connectivity index (χ1v) is 7.11. The van der Waals surface area contributed by atoms with Gasteiger partial charge in [0.2, 0.25) is 0 Å². The van der Waals surface area contributed by atoms with E-state index in [1.807, 2.05) is 0 Å². The van der Waals surface area contributed by atoms with Crippen LogP contribution in [0.3, 0.4) is 0 Å². The van der Waals surface area contributed by atoms with Crippen LogP contribution in [0, 0.1) is 5.41 Å². The molecule has 2 rings (SSSR count). The molecular weight excluding hydrogens is 282 g/mol. The predicted molar refractivity (Wildman–Crippen MR) is 76.0 cm³/mol. The van der Waals surface area contributed by atoms with Gasteiger partial charge in [-0.2, -0.15) is 12.6 Å². The molecule has 0 radical (unpaired) electrons. The van der Waals surface area contributed by atoms with Crippen LogP contribution in [0.15, 0.2) is 28.7 Å². The van der Waals surface area contributed by atoms with Crippen molar-refractivity contribution < 1.29 is 0 Å². The molecule has 0 amide bonds. The first kappa shape index (κ1) is 12.5. The van der Waals surface area contributed by atoms with Gasteiger partial charge in [0.1, 0.15) is 0 Å². The number of hydrogen-bond donors (Lipinski definition) is 1. The smallest absolute Gasteiger partial charge is 0.0242 e. The summed E-state index contributed by atoms with van der Waals surface area (Å²) in [6, 6.07) is 8.44. The number of nitrogens with zero attached hydrogens (tertiary/aromatic N) is 1. The summed E-state index contributed by atoms with van der Waals surface area (Å²) in [5, 5.41) is 0. The lowest BCUT2D eigenvalue weighted by molar-refractivity contribution is 0.270. The quantitative estimate of drug-likeness (QED) is 0.813. The van der Waals surface area contributed by atoms with Crippen molar-refractivity contribution in [3.8, 4) is 0 Å². The van der Waals surface area contributed by atoms with Gasteiger partial charge in [-0.3, -0.25) is 0 Å². The number of thiol groups is 1. The second-order valence-electron chi connectivity index (χ2n) is 4.92. The molecule has 88 valence electrons. The molecule has 1 saturated carbocycles. The molecule has 1 aliphatic carbocycles. The van der Waals surface area contributed by atoms with Crippen LogP contribution in [-0.4, -0.2) is 24.2 Å². The average Bonchev–Trinajstić information content (AvgIpc) is 3.02. The lowest BCUT2D eigenvalue weighted by Crippen LogP contribution is -2.27. The molecule has 0 heterocycles. The van der Waals surface area contributed by atoms with Crippen molar-refractivity contribution in [1.29, 1.82) is 0 Å². The Morgan fingerprint density at radius 2 is 2.06 bits per heavy atom. The fourth-order valence-electron chi connectivity index (χ4n) is 2.09. The van der Waals surface area contributed by atoms with Crippen LogP contribution >= 0.6 is 28.6 Å². The second kappa shape index (κ2) is 5.11. The standard InChI is InChI=1S/C13H18BrNS/c1-15(9-13(10-16)6-7-13)8-11-4-2-3-5-12(11)14/h2-5,16H,6-10H2,1H3. The molecule has 0 aliphatic heterocycles. The molecular formula is C13H18BrNS. The van der Waals surface area contributed by atoms with Crippen LogP contribution in [0.1, 0.15) is 18.4 Å². The van der Waals surface area contributed by atoms with Gasteiger partial charge in [-0.05, 0) is 42.7 Å². The number of benzene rings is 1. The molecule has 0 bridgehead atoms. The molecule has 1 aliphatic rings. The molecule has 1 aromatic carbocycles. The molecule has 16 heavy (non-hydrogen) atoms. The Kier molecular flexibility index (Phi) is 3.98. The zero-order valence-corrected chi connectivity index (χ0v) is 12.1. The Bertz CT molecular complexity index is 363. The van der Waals surface area contributed by atoms with Crippen molar-refractivity contribution in [2.24, 2.45) is 5.41 Å². The summed E-state index contributed by atoms with van der Waals surface area (Å²) < 4.78 is 1.21. The first-order valence-electron chi connectivity index (χ1n) is 5.68. The molecule has 0 N–H and O–H groups in total. The van der Waals surface area contributed by atoms with Crippen molar-refractivity contribution in [2.45, 2.75) is 19.4 Å². The predicted octanol–water partition coefficient (Wildman–Crippen LogP) is 3.59. The summed E-state index contributed by atoms with van der Waals surface area (Å²) in [4.78, 5) is 2.41. The van der Waals surface area contributed by atoms with Gasteiger partial charge in [0.15, 0.2) is 0 Å². The molecule has 3 heteroatoms. The third-order valence-electron chi connectivity index (χ3n) is 3.30. The Morgan fingerprint density at radius 1 is 1.38 bits per heavy atom. The van der Waals surface area contributed by atoms with Gasteiger partial charge < -0.3 is 4.90 Å². The van der Waals surface area contributed by atoms with Crippen LogP contribution in [0.25, 0.3) is 0 Å². The second-order valence-corrected chi connectivity index (χ2v) is 6.09. The summed E-state index contributed by atoms with van der Waals surface area (Å²) >= 11 is 8.04. The molecule has 0 saturated heterocycles. The summed E-state index contributed by atoms with van der Waals surface area (Å²) in [5.74, 6) is 1.02. The highest BCUT2D eigenvalue weighted by Gasteiger charge is 2.41. The third kappa shape index (κ3) is 3.02. The minimum atomic E-state index is 0.513. The molecule has 0 aromatic heterocycles. The van der Waals surface area contributed by atoms with E-state index < -0.39 is 0 Å². The van der Waals surface area contributed by atoms with Gasteiger partial charge in [-0.25, -0.2) is 0 Å². The summed E-state index contributed by atoms with van der Waals surface area (Å²) in [7, 11) is 2.20. The van der Waals surface area contributed by atoms with Crippen molar-refractivity contribution in [3.63, 3.8) is 0 Å². The minimum absolute atomic E-state index is 0.513. The minimum Gasteiger partial charge on any atom is -0.301 e. The fourth-order valence-corrected chi connectivity index (χ4v) is 2.92. The highest BCUT2D eigenvalue weighted by molar-refractivity contribution is 9.10. The van der Waals surface area contributed by atoms with E-state index >= 15 is 0 Å². The molecule has 1 aromatic rings. The maximum atomic E-state index is 4.45. The lowest BCUT2D eigenvalue weighted by atomic mass is 10.1. The SMILES string of the molecule is CN(Cc1ccccc1Br)CC1(CS)CC1. The van der Waals surface area contributed by atoms with Gasteiger partial charge in [-0.1, -0.05) is 34.1 Å². The van der Waals surface area contributed by atoms with Gasteiger partial charge in [0, 0.05) is 17.6 Å². The van der Waals surface area contributed by atoms with Gasteiger partial charge >= 0.3 is 0 Å². The summed E-state index contributed by atoms with van der Waals surface area (Å²) in [6.45, 7) is 2.18. The van der Waals surface area contributed by atoms with E-state index in [4.69, 9.17) is 0 Å². The Hall–Kier alpha value is 0.01000. The zero-order chi connectivity index (χ0) is 11.6. The molecule has 1 nitrogen and oxygen atoms in total. The Labute approximate surface area is 112 Å². The van der Waals surface area contributed by atoms with E-state index in [2.05, 4.69) is 64.8 Å². The summed E-state index contributed by atoms with van der Waals surface area (Å²) in [5.41, 5.74) is 1.87. The Morgan fingerprint density at radius 3 is 2.62 bits per heavy atom. The monoisotopic (exact) mass is 299 g/mol. The van der Waals surface area contributed by atoms with E-state index in [9.17, 15) is 0 Å². The zero-order valence-electron chi connectivity index (χ0n) is 9.62. The van der Waals surface area contributed by atoms with Crippen molar-refractivity contribution in [3.05, 3.63) is 34.3 Å². The highest BCUT2D eigenvalue weighted by Crippen LogP contribution is 2.47. The Balaban J connectivity index is 1.92. The van der Waals surface area contributed by atoms with E-state index in [1.54, 1.807) is 0 Å². The lowest BCUT2D eigenvalue weighted by Gasteiger charge is -2.22. The van der Waals surface area contributed by atoms with Crippen LogP contribution in [0.5, 0.6) is 0 Å². The van der Waals surface area contributed by atoms with Crippen LogP contribution < -0.4 is 0 Å².